The first-order chi connectivity index (χ1) is 7.63. The van der Waals surface area contributed by atoms with Gasteiger partial charge in [-0.15, -0.1) is 17.6 Å². The Labute approximate surface area is 130 Å². The van der Waals surface area contributed by atoms with E-state index in [4.69, 9.17) is 0 Å². The van der Waals surface area contributed by atoms with Crippen LogP contribution in [0.2, 0.25) is 0 Å². The van der Waals surface area contributed by atoms with E-state index in [0.29, 0.717) is 5.92 Å². The van der Waals surface area contributed by atoms with Crippen LogP contribution in [0.4, 0.5) is 0 Å². The van der Waals surface area contributed by atoms with Crippen molar-refractivity contribution in [2.24, 2.45) is 0 Å². The third-order valence-electron chi connectivity index (χ3n) is 2.45. The van der Waals surface area contributed by atoms with Gasteiger partial charge in [-0.1, -0.05) is 32.9 Å². The first-order valence-electron chi connectivity index (χ1n) is 5.68. The Morgan fingerprint density at radius 1 is 1.47 bits per heavy atom. The summed E-state index contributed by atoms with van der Waals surface area (Å²) in [6, 6.07) is 5.08. The molecule has 0 amide bonds. The maximum atomic E-state index is 4.30. The number of hydrogen-bond donors (Lipinski definition) is 0. The number of nitrogens with zero attached hydrogens (tertiary/aromatic N) is 2. The molecule has 1 aromatic heterocycles. The molecule has 1 rings (SSSR count). The molecule has 0 bridgehead atoms. The molecule has 0 aliphatic heterocycles. The summed E-state index contributed by atoms with van der Waals surface area (Å²) in [4.78, 5) is 6.45. The Balaban J connectivity index is 0.00000256. The van der Waals surface area contributed by atoms with Crippen LogP contribution in [-0.4, -0.2) is 30.0 Å². The summed E-state index contributed by atoms with van der Waals surface area (Å²) in [5.74, 6) is 6.61. The molecule has 0 atom stereocenters. The first kappa shape index (κ1) is 16.8. The minimum Gasteiger partial charge on any atom is -0.375 e. The van der Waals surface area contributed by atoms with Crippen LogP contribution >= 0.6 is 0 Å². The zero-order valence-corrected chi connectivity index (χ0v) is 14.0. The first-order valence-corrected chi connectivity index (χ1v) is 5.68. The second-order valence-corrected chi connectivity index (χ2v) is 4.17. The van der Waals surface area contributed by atoms with Crippen molar-refractivity contribution < 1.29 is 32.7 Å². The van der Waals surface area contributed by atoms with E-state index in [-0.39, 0.29) is 32.7 Å². The smallest absolute Gasteiger partial charge is 0.0592 e. The molecule has 0 saturated heterocycles. The SMILES string of the molecule is CCN(C)CC#Cc1c[c-]c(C(C)C)cn1.[Y]. The minimum atomic E-state index is 0. The summed E-state index contributed by atoms with van der Waals surface area (Å²) in [6.07, 6.45) is 1.86. The van der Waals surface area contributed by atoms with Gasteiger partial charge >= 0.3 is 0 Å². The van der Waals surface area contributed by atoms with Crippen molar-refractivity contribution >= 4 is 0 Å². The average molecular weight is 304 g/mol. The molecule has 0 spiro atoms. The largest absolute Gasteiger partial charge is 0.375 e. The Morgan fingerprint density at radius 3 is 2.65 bits per heavy atom. The summed E-state index contributed by atoms with van der Waals surface area (Å²) in [7, 11) is 2.05. The molecule has 3 heteroatoms. The van der Waals surface area contributed by atoms with Gasteiger partial charge in [-0.25, -0.2) is 0 Å². The Hall–Kier alpha value is -0.226. The monoisotopic (exact) mass is 304 g/mol. The maximum absolute atomic E-state index is 4.30. The fraction of sp³-hybridized carbons (Fsp3) is 0.500. The van der Waals surface area contributed by atoms with E-state index >= 15 is 0 Å². The maximum Gasteiger partial charge on any atom is 0.0592 e. The summed E-state index contributed by atoms with van der Waals surface area (Å²) < 4.78 is 0. The normalized spacial score (nSPS) is 9.76. The van der Waals surface area contributed by atoms with Gasteiger partial charge in [-0.05, 0) is 25.2 Å². The van der Waals surface area contributed by atoms with Crippen molar-refractivity contribution in [3.8, 4) is 11.8 Å². The molecular formula is C14H19N2Y-. The Morgan fingerprint density at radius 2 is 2.18 bits per heavy atom. The summed E-state index contributed by atoms with van der Waals surface area (Å²) >= 11 is 0. The molecular weight excluding hydrogens is 285 g/mol. The van der Waals surface area contributed by atoms with Gasteiger partial charge in [0.1, 0.15) is 0 Å². The molecule has 0 aromatic carbocycles. The predicted molar refractivity (Wildman–Crippen MR) is 67.2 cm³/mol. The third-order valence-corrected chi connectivity index (χ3v) is 2.45. The van der Waals surface area contributed by atoms with E-state index in [2.05, 4.69) is 55.6 Å². The minimum absolute atomic E-state index is 0. The van der Waals surface area contributed by atoms with E-state index in [1.165, 1.54) is 0 Å². The Kier molecular flexibility index (Phi) is 8.69. The van der Waals surface area contributed by atoms with Crippen molar-refractivity contribution in [1.29, 1.82) is 0 Å². The van der Waals surface area contributed by atoms with E-state index in [0.717, 1.165) is 24.3 Å². The molecule has 2 nitrogen and oxygen atoms in total. The summed E-state index contributed by atoms with van der Waals surface area (Å²) in [5.41, 5.74) is 1.94. The quantitative estimate of drug-likeness (QED) is 0.629. The van der Waals surface area contributed by atoms with Crippen molar-refractivity contribution in [2.45, 2.75) is 26.7 Å². The molecule has 1 aromatic rings. The van der Waals surface area contributed by atoms with Crippen molar-refractivity contribution in [1.82, 2.24) is 9.88 Å². The van der Waals surface area contributed by atoms with Crippen molar-refractivity contribution in [2.75, 3.05) is 20.1 Å². The van der Waals surface area contributed by atoms with Gasteiger partial charge in [0.25, 0.3) is 0 Å². The number of aromatic nitrogens is 1. The van der Waals surface area contributed by atoms with E-state index in [9.17, 15) is 0 Å². The van der Waals surface area contributed by atoms with Crippen LogP contribution in [0.25, 0.3) is 0 Å². The Bertz CT molecular complexity index is 373. The molecule has 0 N–H and O–H groups in total. The third kappa shape index (κ3) is 6.31. The molecule has 0 saturated carbocycles. The fourth-order valence-corrected chi connectivity index (χ4v) is 1.13. The second kappa shape index (κ2) is 8.81. The zero-order valence-electron chi connectivity index (χ0n) is 11.1. The summed E-state index contributed by atoms with van der Waals surface area (Å²) in [5, 5.41) is 0. The predicted octanol–water partition coefficient (Wildman–Crippen LogP) is 2.31. The van der Waals surface area contributed by atoms with Crippen LogP contribution < -0.4 is 0 Å². The molecule has 0 aliphatic carbocycles. The number of pyridine rings is 1. The molecule has 17 heavy (non-hydrogen) atoms. The molecule has 0 unspecified atom stereocenters. The van der Waals surface area contributed by atoms with E-state index in [1.54, 1.807) is 0 Å². The van der Waals surface area contributed by atoms with Gasteiger partial charge in [0, 0.05) is 32.7 Å². The number of rotatable bonds is 3. The molecule has 89 valence electrons. The van der Waals surface area contributed by atoms with Gasteiger partial charge in [0.05, 0.1) is 6.54 Å². The second-order valence-electron chi connectivity index (χ2n) is 4.17. The topological polar surface area (TPSA) is 16.1 Å². The standard InChI is InChI=1S/C14H19N2.Y/c1-5-16(4)10-6-7-14-9-8-13(11-15-14)12(2)3;/h9,11-12H,5,10H2,1-4H3;/q-1;. The van der Waals surface area contributed by atoms with Gasteiger partial charge in [0.2, 0.25) is 0 Å². The summed E-state index contributed by atoms with van der Waals surface area (Å²) in [6.45, 7) is 8.18. The van der Waals surface area contributed by atoms with Gasteiger partial charge in [0.15, 0.2) is 0 Å². The molecule has 0 aliphatic rings. The average Bonchev–Trinajstić information content (AvgIpc) is 2.29. The molecule has 1 radical (unpaired) electrons. The van der Waals surface area contributed by atoms with Crippen molar-refractivity contribution in [3.05, 3.63) is 29.6 Å². The van der Waals surface area contributed by atoms with Crippen LogP contribution in [0.1, 0.15) is 37.9 Å². The van der Waals surface area contributed by atoms with E-state index in [1.807, 2.05) is 12.3 Å². The van der Waals surface area contributed by atoms with Crippen LogP contribution in [0.5, 0.6) is 0 Å². The van der Waals surface area contributed by atoms with E-state index < -0.39 is 0 Å². The van der Waals surface area contributed by atoms with Gasteiger partial charge in [-0.3, -0.25) is 4.90 Å². The van der Waals surface area contributed by atoms with Crippen LogP contribution in [-0.2, 0) is 32.7 Å². The van der Waals surface area contributed by atoms with Crippen LogP contribution in [0.15, 0.2) is 12.3 Å². The molecule has 1 heterocycles. The van der Waals surface area contributed by atoms with Gasteiger partial charge in [-0.2, -0.15) is 6.07 Å². The van der Waals surface area contributed by atoms with Crippen LogP contribution in [0, 0.1) is 17.9 Å². The van der Waals surface area contributed by atoms with Crippen molar-refractivity contribution in [3.63, 3.8) is 0 Å². The molecule has 0 fully saturated rings. The van der Waals surface area contributed by atoms with Gasteiger partial charge < -0.3 is 4.98 Å². The zero-order chi connectivity index (χ0) is 12.0. The van der Waals surface area contributed by atoms with Crippen LogP contribution in [0.3, 0.4) is 0 Å². The fourth-order valence-electron chi connectivity index (χ4n) is 1.13. The number of hydrogen-bond acceptors (Lipinski definition) is 2.